The van der Waals surface area contributed by atoms with Gasteiger partial charge in [-0.25, -0.2) is 8.42 Å². The van der Waals surface area contributed by atoms with Crippen LogP contribution in [0.3, 0.4) is 0 Å². The molecule has 1 aromatic carbocycles. The highest BCUT2D eigenvalue weighted by molar-refractivity contribution is 7.91. The van der Waals surface area contributed by atoms with E-state index in [2.05, 4.69) is 28.9 Å². The van der Waals surface area contributed by atoms with Gasteiger partial charge in [0.25, 0.3) is 5.91 Å². The Morgan fingerprint density at radius 1 is 1.11 bits per heavy atom. The molecule has 0 spiro atoms. The van der Waals surface area contributed by atoms with Crippen molar-refractivity contribution in [2.45, 2.75) is 25.6 Å². The number of pyridine rings is 1. The number of benzene rings is 1. The van der Waals surface area contributed by atoms with Crippen molar-refractivity contribution >= 4 is 28.2 Å². The molecular weight excluding hydrogens is 398 g/mol. The van der Waals surface area contributed by atoms with Crippen molar-refractivity contribution in [1.82, 2.24) is 14.8 Å². The summed E-state index contributed by atoms with van der Waals surface area (Å²) in [5.74, 6) is 0.0136. The topological polar surface area (TPSA) is 70.6 Å². The Morgan fingerprint density at radius 3 is 2.57 bits per heavy atom. The van der Waals surface area contributed by atoms with Gasteiger partial charge in [-0.05, 0) is 30.2 Å². The van der Waals surface area contributed by atoms with E-state index >= 15 is 0 Å². The maximum atomic E-state index is 12.9. The van der Waals surface area contributed by atoms with Gasteiger partial charge < -0.3 is 4.90 Å². The fraction of sp³-hybridized carbons (Fsp3) is 0.400. The van der Waals surface area contributed by atoms with E-state index in [1.165, 1.54) is 11.1 Å². The van der Waals surface area contributed by atoms with Crippen molar-refractivity contribution in [3.05, 3.63) is 65.5 Å². The summed E-state index contributed by atoms with van der Waals surface area (Å²) in [6.07, 6.45) is 3.17. The van der Waals surface area contributed by atoms with Gasteiger partial charge in [-0.15, -0.1) is 12.4 Å². The minimum absolute atomic E-state index is 0. The SMILES string of the molecule is Cc1ccccc1CN1CCN(C(=O)c2cccnc2)[C@H]2CS(=O)(=O)C[C@H]21.Cl. The summed E-state index contributed by atoms with van der Waals surface area (Å²) in [6, 6.07) is 11.2. The summed E-state index contributed by atoms with van der Waals surface area (Å²) < 4.78 is 24.8. The first-order valence-electron chi connectivity index (χ1n) is 9.14. The molecule has 1 amide bonds. The summed E-state index contributed by atoms with van der Waals surface area (Å²) in [5.41, 5.74) is 2.91. The summed E-state index contributed by atoms with van der Waals surface area (Å²) in [4.78, 5) is 20.9. The number of rotatable bonds is 3. The molecule has 1 aromatic heterocycles. The Bertz CT molecular complexity index is 952. The number of carbonyl (C=O) groups is 1. The van der Waals surface area contributed by atoms with Crippen molar-refractivity contribution in [3.63, 3.8) is 0 Å². The minimum atomic E-state index is -3.16. The maximum absolute atomic E-state index is 12.9. The second kappa shape index (κ2) is 8.19. The molecule has 0 aliphatic carbocycles. The molecule has 2 fully saturated rings. The molecule has 2 aromatic rings. The molecule has 28 heavy (non-hydrogen) atoms. The third kappa shape index (κ3) is 4.06. The van der Waals surface area contributed by atoms with Crippen molar-refractivity contribution in [1.29, 1.82) is 0 Å². The lowest BCUT2D eigenvalue weighted by atomic mass is 10.0. The molecule has 0 radical (unpaired) electrons. The minimum Gasteiger partial charge on any atom is -0.332 e. The fourth-order valence-corrected chi connectivity index (χ4v) is 6.15. The number of piperazine rings is 1. The number of amides is 1. The zero-order chi connectivity index (χ0) is 19.0. The van der Waals surface area contributed by atoms with Crippen molar-refractivity contribution in [2.24, 2.45) is 0 Å². The number of aromatic nitrogens is 1. The van der Waals surface area contributed by atoms with Crippen LogP contribution in [0.4, 0.5) is 0 Å². The number of fused-ring (bicyclic) bond motifs is 1. The third-order valence-corrected chi connectivity index (χ3v) is 7.29. The molecule has 6 nitrogen and oxygen atoms in total. The Balaban J connectivity index is 0.00000225. The monoisotopic (exact) mass is 421 g/mol. The van der Waals surface area contributed by atoms with Gasteiger partial charge >= 0.3 is 0 Å². The van der Waals surface area contributed by atoms with Gasteiger partial charge in [-0.3, -0.25) is 14.7 Å². The van der Waals surface area contributed by atoms with E-state index < -0.39 is 9.84 Å². The van der Waals surface area contributed by atoms with Crippen LogP contribution in [0.25, 0.3) is 0 Å². The van der Waals surface area contributed by atoms with Crippen LogP contribution in [0.2, 0.25) is 0 Å². The van der Waals surface area contributed by atoms with E-state index in [4.69, 9.17) is 0 Å². The van der Waals surface area contributed by atoms with Gasteiger partial charge in [0, 0.05) is 38.1 Å². The van der Waals surface area contributed by atoms with Crippen LogP contribution in [0.5, 0.6) is 0 Å². The molecule has 150 valence electrons. The smallest absolute Gasteiger partial charge is 0.255 e. The van der Waals surface area contributed by atoms with Gasteiger partial charge in [0.2, 0.25) is 0 Å². The maximum Gasteiger partial charge on any atom is 0.255 e. The predicted octanol–water partition coefficient (Wildman–Crippen LogP) is 1.94. The first kappa shape index (κ1) is 20.8. The van der Waals surface area contributed by atoms with E-state index in [9.17, 15) is 13.2 Å². The van der Waals surface area contributed by atoms with Crippen LogP contribution >= 0.6 is 12.4 Å². The van der Waals surface area contributed by atoms with E-state index in [0.717, 1.165) is 0 Å². The highest BCUT2D eigenvalue weighted by Gasteiger charge is 2.48. The molecule has 2 aliphatic heterocycles. The lowest BCUT2D eigenvalue weighted by molar-refractivity contribution is 0.0305. The summed E-state index contributed by atoms with van der Waals surface area (Å²) >= 11 is 0. The molecule has 0 bridgehead atoms. The number of halogens is 1. The average Bonchev–Trinajstić information content (AvgIpc) is 2.99. The van der Waals surface area contributed by atoms with E-state index in [1.807, 2.05) is 12.1 Å². The average molecular weight is 422 g/mol. The number of hydrogen-bond acceptors (Lipinski definition) is 5. The van der Waals surface area contributed by atoms with Crippen LogP contribution < -0.4 is 0 Å². The van der Waals surface area contributed by atoms with Crippen LogP contribution in [0.1, 0.15) is 21.5 Å². The normalized spacial score (nSPS) is 23.7. The van der Waals surface area contributed by atoms with Gasteiger partial charge in [0.1, 0.15) is 0 Å². The zero-order valence-corrected chi connectivity index (χ0v) is 17.3. The van der Waals surface area contributed by atoms with Crippen molar-refractivity contribution in [3.8, 4) is 0 Å². The molecule has 2 atom stereocenters. The molecule has 2 saturated heterocycles. The standard InChI is InChI=1S/C20H23N3O3S.ClH/c1-15-5-2-3-6-17(15)12-22-9-10-23(19-14-27(25,26)13-18(19)22)20(24)16-7-4-8-21-11-16;/h2-8,11,18-19H,9-10,12-14H2,1H3;1H/t18-,19+;/m1./s1. The molecule has 0 unspecified atom stereocenters. The lowest BCUT2D eigenvalue weighted by Gasteiger charge is -2.44. The molecule has 0 saturated carbocycles. The molecule has 8 heteroatoms. The molecule has 2 aliphatic rings. The van der Waals surface area contributed by atoms with Crippen LogP contribution in [0.15, 0.2) is 48.8 Å². The van der Waals surface area contributed by atoms with Crippen molar-refractivity contribution < 1.29 is 13.2 Å². The number of nitrogens with zero attached hydrogens (tertiary/aromatic N) is 3. The largest absolute Gasteiger partial charge is 0.332 e. The second-order valence-corrected chi connectivity index (χ2v) is 9.50. The molecule has 3 heterocycles. The number of aryl methyl sites for hydroxylation is 1. The third-order valence-electron chi connectivity index (χ3n) is 5.60. The van der Waals surface area contributed by atoms with Crippen LogP contribution in [0, 0.1) is 6.92 Å². The quantitative estimate of drug-likeness (QED) is 0.757. The van der Waals surface area contributed by atoms with E-state index in [1.54, 1.807) is 29.4 Å². The van der Waals surface area contributed by atoms with Gasteiger partial charge in [0.05, 0.1) is 23.1 Å². The Hall–Kier alpha value is -1.96. The molecule has 0 N–H and O–H groups in total. The molecule has 4 rings (SSSR count). The number of hydrogen-bond donors (Lipinski definition) is 0. The fourth-order valence-electron chi connectivity index (χ4n) is 4.13. The summed E-state index contributed by atoms with van der Waals surface area (Å²) in [7, 11) is -3.16. The lowest BCUT2D eigenvalue weighted by Crippen LogP contribution is -2.60. The van der Waals surface area contributed by atoms with E-state index in [-0.39, 0.29) is 41.9 Å². The van der Waals surface area contributed by atoms with Crippen LogP contribution in [-0.2, 0) is 16.4 Å². The summed E-state index contributed by atoms with van der Waals surface area (Å²) in [5, 5.41) is 0. The Morgan fingerprint density at radius 2 is 1.86 bits per heavy atom. The van der Waals surface area contributed by atoms with Crippen LogP contribution in [-0.4, -0.2) is 65.8 Å². The van der Waals surface area contributed by atoms with Gasteiger partial charge in [0.15, 0.2) is 9.84 Å². The van der Waals surface area contributed by atoms with Crippen molar-refractivity contribution in [2.75, 3.05) is 24.6 Å². The van der Waals surface area contributed by atoms with Gasteiger partial charge in [-0.2, -0.15) is 0 Å². The first-order chi connectivity index (χ1) is 12.9. The Labute approximate surface area is 171 Å². The number of sulfone groups is 1. The predicted molar refractivity (Wildman–Crippen MR) is 110 cm³/mol. The van der Waals surface area contributed by atoms with E-state index in [0.29, 0.717) is 25.2 Å². The zero-order valence-electron chi connectivity index (χ0n) is 15.7. The molecular formula is C20H24ClN3O3S. The number of carbonyl (C=O) groups excluding carboxylic acids is 1. The summed E-state index contributed by atoms with van der Waals surface area (Å²) in [6.45, 7) is 3.96. The highest BCUT2D eigenvalue weighted by atomic mass is 35.5. The Kier molecular flexibility index (Phi) is 6.07. The second-order valence-electron chi connectivity index (χ2n) is 7.35. The highest BCUT2D eigenvalue weighted by Crippen LogP contribution is 2.29. The van der Waals surface area contributed by atoms with Gasteiger partial charge in [-0.1, -0.05) is 24.3 Å². The first-order valence-corrected chi connectivity index (χ1v) is 11.0.